The van der Waals surface area contributed by atoms with Gasteiger partial charge in [0.05, 0.1) is 13.7 Å². The van der Waals surface area contributed by atoms with Gasteiger partial charge in [0.2, 0.25) is 5.91 Å². The molecule has 0 bridgehead atoms. The third-order valence-corrected chi connectivity index (χ3v) is 5.01. The van der Waals surface area contributed by atoms with E-state index in [4.69, 9.17) is 9.26 Å². The van der Waals surface area contributed by atoms with E-state index < -0.39 is 0 Å². The molecule has 0 aliphatic carbocycles. The minimum absolute atomic E-state index is 0.0827. The summed E-state index contributed by atoms with van der Waals surface area (Å²) in [6.45, 7) is 5.84. The summed E-state index contributed by atoms with van der Waals surface area (Å²) in [7, 11) is 1.63. The van der Waals surface area contributed by atoms with Gasteiger partial charge in [0.1, 0.15) is 11.4 Å². The molecule has 6 nitrogen and oxygen atoms in total. The second-order valence-electron chi connectivity index (χ2n) is 6.77. The van der Waals surface area contributed by atoms with Crippen molar-refractivity contribution in [2.24, 2.45) is 5.92 Å². The Kier molecular flexibility index (Phi) is 6.28. The summed E-state index contributed by atoms with van der Waals surface area (Å²) in [6, 6.07) is 9.51. The number of methoxy groups -OCH3 is 1. The number of rotatable bonds is 7. The van der Waals surface area contributed by atoms with Crippen LogP contribution in [0.25, 0.3) is 11.3 Å². The molecule has 0 atom stereocenters. The van der Waals surface area contributed by atoms with E-state index in [2.05, 4.69) is 22.3 Å². The van der Waals surface area contributed by atoms with Gasteiger partial charge < -0.3 is 19.5 Å². The van der Waals surface area contributed by atoms with Gasteiger partial charge in [0.15, 0.2) is 5.76 Å². The second kappa shape index (κ2) is 8.85. The van der Waals surface area contributed by atoms with Crippen LogP contribution in [-0.2, 0) is 11.3 Å². The maximum atomic E-state index is 12.2. The third-order valence-electron chi connectivity index (χ3n) is 5.01. The van der Waals surface area contributed by atoms with E-state index in [0.717, 1.165) is 49.5 Å². The van der Waals surface area contributed by atoms with Gasteiger partial charge in [-0.25, -0.2) is 0 Å². The predicted molar refractivity (Wildman–Crippen MR) is 99.8 cm³/mol. The molecule has 0 spiro atoms. The van der Waals surface area contributed by atoms with Gasteiger partial charge in [-0.15, -0.1) is 0 Å². The lowest BCUT2D eigenvalue weighted by molar-refractivity contribution is -0.122. The highest BCUT2D eigenvalue weighted by Crippen LogP contribution is 2.24. The number of carbonyl (C=O) groups is 1. The Morgan fingerprint density at radius 3 is 2.88 bits per heavy atom. The molecule has 0 unspecified atom stereocenters. The van der Waals surface area contributed by atoms with Crippen LogP contribution in [0.3, 0.4) is 0 Å². The van der Waals surface area contributed by atoms with E-state index in [0.29, 0.717) is 24.6 Å². The van der Waals surface area contributed by atoms with Gasteiger partial charge in [0.25, 0.3) is 0 Å². The van der Waals surface area contributed by atoms with E-state index in [-0.39, 0.29) is 5.91 Å². The molecule has 2 heterocycles. The van der Waals surface area contributed by atoms with Crippen LogP contribution < -0.4 is 10.1 Å². The maximum Gasteiger partial charge on any atom is 0.220 e. The zero-order chi connectivity index (χ0) is 18.4. The first-order chi connectivity index (χ1) is 12.7. The largest absolute Gasteiger partial charge is 0.497 e. The van der Waals surface area contributed by atoms with Crippen molar-refractivity contribution in [2.75, 3.05) is 26.7 Å². The van der Waals surface area contributed by atoms with Crippen LogP contribution in [0.4, 0.5) is 0 Å². The van der Waals surface area contributed by atoms with Crippen molar-refractivity contribution in [2.45, 2.75) is 32.7 Å². The highest BCUT2D eigenvalue weighted by atomic mass is 16.5. The fraction of sp³-hybridized carbons (Fsp3) is 0.500. The van der Waals surface area contributed by atoms with Gasteiger partial charge in [-0.05, 0) is 50.5 Å². The second-order valence-corrected chi connectivity index (χ2v) is 6.77. The number of ether oxygens (including phenoxy) is 1. The molecule has 0 radical (unpaired) electrons. The third kappa shape index (κ3) is 4.85. The normalized spacial score (nSPS) is 15.8. The van der Waals surface area contributed by atoms with Gasteiger partial charge in [-0.2, -0.15) is 0 Å². The van der Waals surface area contributed by atoms with E-state index >= 15 is 0 Å². The minimum atomic E-state index is 0.0827. The van der Waals surface area contributed by atoms with Crippen molar-refractivity contribution >= 4 is 5.91 Å². The highest BCUT2D eigenvalue weighted by Gasteiger charge is 2.20. The summed E-state index contributed by atoms with van der Waals surface area (Å²) in [5.41, 5.74) is 1.66. The number of carbonyl (C=O) groups excluding carboxylic acids is 1. The van der Waals surface area contributed by atoms with E-state index in [1.165, 1.54) is 0 Å². The van der Waals surface area contributed by atoms with Crippen molar-refractivity contribution in [3.8, 4) is 17.0 Å². The van der Waals surface area contributed by atoms with E-state index in [1.807, 2.05) is 30.3 Å². The Morgan fingerprint density at radius 2 is 2.15 bits per heavy atom. The Hall–Kier alpha value is -2.34. The standard InChI is InChI=1S/C20H27N3O3/c1-3-23-9-7-15(8-10-23)11-20(24)21-14-18-13-19(22-26-18)16-5-4-6-17(12-16)25-2/h4-6,12-13,15H,3,7-11,14H2,1-2H3,(H,21,24). The van der Waals surface area contributed by atoms with Crippen LogP contribution in [-0.4, -0.2) is 42.7 Å². The average Bonchev–Trinajstić information content (AvgIpc) is 3.16. The molecule has 140 valence electrons. The lowest BCUT2D eigenvalue weighted by atomic mass is 9.93. The predicted octanol–water partition coefficient (Wildman–Crippen LogP) is 3.09. The number of likely N-dealkylation sites (tertiary alicyclic amines) is 1. The fourth-order valence-electron chi connectivity index (χ4n) is 3.34. The molecule has 0 saturated carbocycles. The number of piperidine rings is 1. The molecular formula is C20H27N3O3. The Balaban J connectivity index is 1.48. The van der Waals surface area contributed by atoms with Crippen molar-refractivity contribution in [3.05, 3.63) is 36.1 Å². The minimum Gasteiger partial charge on any atom is -0.497 e. The first kappa shape index (κ1) is 18.5. The number of benzene rings is 1. The fourth-order valence-corrected chi connectivity index (χ4v) is 3.34. The van der Waals surface area contributed by atoms with Crippen LogP contribution in [0, 0.1) is 5.92 Å². The molecule has 2 aromatic rings. The quantitative estimate of drug-likeness (QED) is 0.825. The molecule has 1 fully saturated rings. The summed E-state index contributed by atoms with van der Waals surface area (Å²) in [6.07, 6.45) is 2.79. The summed E-state index contributed by atoms with van der Waals surface area (Å²) in [4.78, 5) is 14.6. The maximum absolute atomic E-state index is 12.2. The molecule has 6 heteroatoms. The molecule has 1 N–H and O–H groups in total. The van der Waals surface area contributed by atoms with Gasteiger partial charge >= 0.3 is 0 Å². The number of hydrogen-bond donors (Lipinski definition) is 1. The number of amides is 1. The van der Waals surface area contributed by atoms with E-state index in [9.17, 15) is 4.79 Å². The molecule has 1 amide bonds. The lowest BCUT2D eigenvalue weighted by Gasteiger charge is -2.30. The van der Waals surface area contributed by atoms with Crippen LogP contribution >= 0.6 is 0 Å². The summed E-state index contributed by atoms with van der Waals surface area (Å²) in [5, 5.41) is 7.03. The highest BCUT2D eigenvalue weighted by molar-refractivity contribution is 5.76. The molecule has 3 rings (SSSR count). The van der Waals surface area contributed by atoms with Crippen molar-refractivity contribution in [1.29, 1.82) is 0 Å². The SMILES string of the molecule is CCN1CCC(CC(=O)NCc2cc(-c3cccc(OC)c3)no2)CC1. The van der Waals surface area contributed by atoms with Crippen LogP contribution in [0.2, 0.25) is 0 Å². The molecule has 1 aliphatic heterocycles. The van der Waals surface area contributed by atoms with Crippen molar-refractivity contribution in [1.82, 2.24) is 15.4 Å². The summed E-state index contributed by atoms with van der Waals surface area (Å²) >= 11 is 0. The Bertz CT molecular complexity index is 721. The number of nitrogens with one attached hydrogen (secondary N) is 1. The number of hydrogen-bond acceptors (Lipinski definition) is 5. The van der Waals surface area contributed by atoms with Gasteiger partial charge in [-0.3, -0.25) is 4.79 Å². The monoisotopic (exact) mass is 357 g/mol. The zero-order valence-electron chi connectivity index (χ0n) is 15.5. The number of aromatic nitrogens is 1. The van der Waals surface area contributed by atoms with Crippen LogP contribution in [0.1, 0.15) is 31.9 Å². The molecule has 26 heavy (non-hydrogen) atoms. The summed E-state index contributed by atoms with van der Waals surface area (Å²) in [5.74, 6) is 1.99. The zero-order valence-corrected chi connectivity index (χ0v) is 15.5. The van der Waals surface area contributed by atoms with Crippen LogP contribution in [0.15, 0.2) is 34.9 Å². The smallest absolute Gasteiger partial charge is 0.220 e. The van der Waals surface area contributed by atoms with Crippen molar-refractivity contribution < 1.29 is 14.1 Å². The average molecular weight is 357 g/mol. The molecular weight excluding hydrogens is 330 g/mol. The Labute approximate surface area is 154 Å². The summed E-state index contributed by atoms with van der Waals surface area (Å²) < 4.78 is 10.6. The molecule has 1 aromatic carbocycles. The topological polar surface area (TPSA) is 67.6 Å². The molecule has 1 saturated heterocycles. The van der Waals surface area contributed by atoms with E-state index in [1.54, 1.807) is 7.11 Å². The molecule has 1 aliphatic rings. The van der Waals surface area contributed by atoms with Crippen LogP contribution in [0.5, 0.6) is 5.75 Å². The molecule has 1 aromatic heterocycles. The number of nitrogens with zero attached hydrogens (tertiary/aromatic N) is 2. The first-order valence-corrected chi connectivity index (χ1v) is 9.27. The first-order valence-electron chi connectivity index (χ1n) is 9.27. The van der Waals surface area contributed by atoms with Gasteiger partial charge in [-0.1, -0.05) is 24.2 Å². The van der Waals surface area contributed by atoms with Crippen molar-refractivity contribution in [3.63, 3.8) is 0 Å². The Morgan fingerprint density at radius 1 is 1.35 bits per heavy atom. The van der Waals surface area contributed by atoms with Gasteiger partial charge in [0, 0.05) is 18.1 Å². The lowest BCUT2D eigenvalue weighted by Crippen LogP contribution is -2.35.